The van der Waals surface area contributed by atoms with E-state index in [9.17, 15) is 53.4 Å². The maximum Gasteiger partial charge on any atom is 0.342 e. The fraction of sp³-hybridized carbons (Fsp3) is 0.366. The molecule has 62 heavy (non-hydrogen) atoms. The lowest BCUT2D eigenvalue weighted by Crippen LogP contribution is -2.57. The number of phenols is 1. The number of phenolic OH excluding ortho intramolecular Hbond substituents is 1. The van der Waals surface area contributed by atoms with Crippen molar-refractivity contribution in [1.82, 2.24) is 36.5 Å². The number of aryl methyl sites for hydroxylation is 1. The molecule has 5 atom stereocenters. The van der Waals surface area contributed by atoms with Gasteiger partial charge in [-0.15, -0.1) is 0 Å². The highest BCUT2D eigenvalue weighted by atomic mass is 16.6. The first-order chi connectivity index (χ1) is 29.8. The minimum atomic E-state index is -1.51. The van der Waals surface area contributed by atoms with Crippen molar-refractivity contribution in [3.05, 3.63) is 83.6 Å². The van der Waals surface area contributed by atoms with Gasteiger partial charge in [0.05, 0.1) is 24.3 Å². The fourth-order valence-electron chi connectivity index (χ4n) is 6.83. The second-order valence-corrected chi connectivity index (χ2v) is 14.5. The molecule has 21 heteroatoms. The Hall–Kier alpha value is -7.26. The maximum absolute atomic E-state index is 13.5. The van der Waals surface area contributed by atoms with Gasteiger partial charge < -0.3 is 46.3 Å². The van der Waals surface area contributed by atoms with E-state index < -0.39 is 96.8 Å². The Morgan fingerprint density at radius 2 is 1.69 bits per heavy atom. The van der Waals surface area contributed by atoms with E-state index in [0.717, 1.165) is 10.5 Å². The van der Waals surface area contributed by atoms with E-state index in [4.69, 9.17) is 9.47 Å². The van der Waals surface area contributed by atoms with Crippen molar-refractivity contribution in [3.8, 4) is 11.6 Å². The van der Waals surface area contributed by atoms with Gasteiger partial charge in [0.2, 0.25) is 41.3 Å². The number of rotatable bonds is 19. The van der Waals surface area contributed by atoms with Crippen LogP contribution in [0.5, 0.6) is 11.6 Å². The van der Waals surface area contributed by atoms with Crippen molar-refractivity contribution in [2.24, 2.45) is 0 Å². The predicted octanol–water partition coefficient (Wildman–Crippen LogP) is -1.07. The number of fused-ring (bicyclic) bond motifs is 1. The molecule has 3 aliphatic rings. The number of hydrogen-bond donors (Lipinski definition) is 8. The summed E-state index contributed by atoms with van der Waals surface area (Å²) in [7, 11) is 0. The van der Waals surface area contributed by atoms with E-state index in [1.54, 1.807) is 36.4 Å². The number of aliphatic hydroxyl groups excluding tert-OH is 1. The van der Waals surface area contributed by atoms with E-state index in [1.807, 2.05) is 0 Å². The molecule has 3 aromatic rings. The molecule has 326 valence electrons. The van der Waals surface area contributed by atoms with Crippen molar-refractivity contribution in [3.63, 3.8) is 0 Å². The lowest BCUT2D eigenvalue weighted by atomic mass is 10.0. The Morgan fingerprint density at radius 1 is 0.919 bits per heavy atom. The zero-order valence-electron chi connectivity index (χ0n) is 33.1. The molecule has 0 aliphatic carbocycles. The minimum Gasteiger partial charge on any atom is -0.508 e. The molecule has 1 aromatic heterocycles. The average molecular weight is 857 g/mol. The number of nitrogens with zero attached hydrogens (tertiary/aromatic N) is 2. The van der Waals surface area contributed by atoms with E-state index in [0.29, 0.717) is 5.69 Å². The number of amides is 8. The highest BCUT2D eigenvalue weighted by Gasteiger charge is 2.45. The van der Waals surface area contributed by atoms with Crippen LogP contribution in [0.15, 0.2) is 66.9 Å². The largest absolute Gasteiger partial charge is 0.508 e. The van der Waals surface area contributed by atoms with Gasteiger partial charge in [0.25, 0.3) is 11.8 Å². The van der Waals surface area contributed by atoms with Gasteiger partial charge in [0, 0.05) is 43.8 Å². The maximum atomic E-state index is 13.5. The summed E-state index contributed by atoms with van der Waals surface area (Å²) in [5.41, 5.74) is 1.18. The molecule has 0 bridgehead atoms. The third kappa shape index (κ3) is 11.1. The number of aromatic hydroxyl groups is 1. The Labute approximate surface area is 353 Å². The van der Waals surface area contributed by atoms with Crippen LogP contribution in [0.2, 0.25) is 0 Å². The number of carbonyl (C=O) groups is 9. The number of hydrogen-bond acceptors (Lipinski definition) is 15. The molecular formula is C41H44N8O13. The van der Waals surface area contributed by atoms with Crippen LogP contribution in [0.25, 0.3) is 0 Å². The van der Waals surface area contributed by atoms with Crippen LogP contribution >= 0.6 is 0 Å². The molecule has 21 nitrogen and oxygen atoms in total. The number of nitrogens with one attached hydrogen (secondary N) is 6. The van der Waals surface area contributed by atoms with Crippen LogP contribution in [0.4, 0.5) is 5.69 Å². The summed E-state index contributed by atoms with van der Waals surface area (Å²) >= 11 is 0. The lowest BCUT2D eigenvalue weighted by Gasteiger charge is -2.34. The summed E-state index contributed by atoms with van der Waals surface area (Å²) in [5, 5.41) is 34.7. The summed E-state index contributed by atoms with van der Waals surface area (Å²) in [4.78, 5) is 120. The van der Waals surface area contributed by atoms with E-state index in [-0.39, 0.29) is 74.2 Å². The van der Waals surface area contributed by atoms with Crippen molar-refractivity contribution in [2.45, 2.75) is 75.4 Å². The smallest absolute Gasteiger partial charge is 0.342 e. The number of benzene rings is 2. The number of carbonyl (C=O) groups excluding carboxylic acids is 9. The monoisotopic (exact) mass is 856 g/mol. The minimum absolute atomic E-state index is 0.00333. The number of ether oxygens (including phenoxy) is 2. The summed E-state index contributed by atoms with van der Waals surface area (Å²) in [5.74, 6) is -6.07. The Bertz CT molecular complexity index is 2220. The van der Waals surface area contributed by atoms with Gasteiger partial charge in [-0.2, -0.15) is 0 Å². The molecular weight excluding hydrogens is 812 g/mol. The molecule has 6 rings (SSSR count). The number of esters is 1. The second kappa shape index (κ2) is 20.3. The van der Waals surface area contributed by atoms with Gasteiger partial charge in [-0.1, -0.05) is 24.3 Å². The number of aromatic nitrogens is 1. The zero-order chi connectivity index (χ0) is 44.3. The molecule has 0 spiro atoms. The predicted molar refractivity (Wildman–Crippen MR) is 213 cm³/mol. The van der Waals surface area contributed by atoms with Gasteiger partial charge in [-0.25, -0.2) is 9.78 Å². The Kier molecular flexibility index (Phi) is 14.5. The first kappa shape index (κ1) is 44.3. The summed E-state index contributed by atoms with van der Waals surface area (Å²) in [6.07, 6.45) is 0.207. The van der Waals surface area contributed by atoms with Crippen molar-refractivity contribution in [1.29, 1.82) is 0 Å². The van der Waals surface area contributed by atoms with Crippen molar-refractivity contribution >= 4 is 58.9 Å². The van der Waals surface area contributed by atoms with Gasteiger partial charge >= 0.3 is 5.97 Å². The number of pyridine rings is 1. The number of aliphatic hydroxyl groups is 1. The van der Waals surface area contributed by atoms with E-state index >= 15 is 0 Å². The van der Waals surface area contributed by atoms with Crippen LogP contribution in [0.1, 0.15) is 64.8 Å². The van der Waals surface area contributed by atoms with Gasteiger partial charge in [-0.3, -0.25) is 48.6 Å². The van der Waals surface area contributed by atoms with Crippen LogP contribution in [-0.4, -0.2) is 123 Å². The highest BCUT2D eigenvalue weighted by molar-refractivity contribution is 6.25. The van der Waals surface area contributed by atoms with E-state index in [2.05, 4.69) is 36.9 Å². The molecule has 2 fully saturated rings. The average Bonchev–Trinajstić information content (AvgIpc) is 3.49. The Morgan fingerprint density at radius 3 is 2.40 bits per heavy atom. The van der Waals surface area contributed by atoms with E-state index in [1.165, 1.54) is 30.5 Å². The molecule has 3 aliphatic heterocycles. The number of imide groups is 2. The molecule has 0 saturated carbocycles. The molecule has 2 aromatic carbocycles. The van der Waals surface area contributed by atoms with Crippen LogP contribution in [0.3, 0.4) is 0 Å². The molecule has 0 radical (unpaired) electrons. The van der Waals surface area contributed by atoms with Crippen molar-refractivity contribution < 1.29 is 62.8 Å². The number of anilines is 1. The van der Waals surface area contributed by atoms with Crippen LogP contribution in [-0.2, 0) is 44.7 Å². The molecule has 8 amide bonds. The highest BCUT2D eigenvalue weighted by Crippen LogP contribution is 2.32. The summed E-state index contributed by atoms with van der Waals surface area (Å²) in [6.45, 7) is -1.25. The van der Waals surface area contributed by atoms with Gasteiger partial charge in [0.15, 0.2) is 6.10 Å². The quantitative estimate of drug-likeness (QED) is 0.0405. The Balaban J connectivity index is 0.976. The summed E-state index contributed by atoms with van der Waals surface area (Å²) in [6, 6.07) is 11.7. The normalized spacial score (nSPS) is 18.9. The fourth-order valence-corrected chi connectivity index (χ4v) is 6.83. The first-order valence-corrected chi connectivity index (χ1v) is 19.7. The van der Waals surface area contributed by atoms with Crippen molar-refractivity contribution in [2.75, 3.05) is 25.0 Å². The third-order valence-electron chi connectivity index (χ3n) is 10.1. The summed E-state index contributed by atoms with van der Waals surface area (Å²) < 4.78 is 10.5. The van der Waals surface area contributed by atoms with Gasteiger partial charge in [-0.05, 0) is 61.6 Å². The first-order valence-electron chi connectivity index (χ1n) is 19.7. The second-order valence-electron chi connectivity index (χ2n) is 14.5. The number of piperidine rings is 1. The van der Waals surface area contributed by atoms with Crippen LogP contribution < -0.4 is 36.6 Å². The third-order valence-corrected chi connectivity index (χ3v) is 10.1. The molecule has 2 saturated heterocycles. The lowest BCUT2D eigenvalue weighted by molar-refractivity contribution is -0.183. The molecule has 8 N–H and O–H groups in total. The standard InChI is InChI=1S/C41H44N8O13/c50-21-27(36(55)44-20-32(54)47-34-19-29(61-34)41(60)62-33-8-1-2-17-43-33)46-37(56)26(14-11-22-9-12-23(51)13-10-22)45-30(52)7-4-18-42-25-6-3-5-24-35(25)40(59)49(39(24)58)28-15-16-31(53)48-38(28)57/h1-3,5-6,8-10,12-13,17,26-29,34,42,50-51H,4,7,11,14-16,18-21H2,(H,44,55)(H,45,52)(H,46,56)(H,47,54)(H,48,53,57). The van der Waals surface area contributed by atoms with Crippen LogP contribution in [0, 0.1) is 0 Å². The van der Waals surface area contributed by atoms with Gasteiger partial charge in [0.1, 0.15) is 30.1 Å². The topological polar surface area (TPSA) is 301 Å². The molecule has 4 heterocycles. The SMILES string of the molecule is O=C1CCC(N2C(=O)c3cccc(NCCCC(=O)NC(CCc4ccc(O)cc4)C(=O)NC(CO)C(=O)NCC(=O)NC4CC(C(=O)Oc5ccccn5)O4)c3C2=O)C(=O)N1. The molecule has 5 unspecified atom stereocenters. The zero-order valence-corrected chi connectivity index (χ0v) is 33.1.